The molecule has 10 heteroatoms. The van der Waals surface area contributed by atoms with E-state index in [4.69, 9.17) is 9.47 Å². The Balaban J connectivity index is 1.51. The molecular weight excluding hydrogens is 463 g/mol. The minimum Gasteiger partial charge on any atom is -0.492 e. The lowest BCUT2D eigenvalue weighted by molar-refractivity contribution is -0.00610. The van der Waals surface area contributed by atoms with Crippen molar-refractivity contribution >= 4 is 21.7 Å². The van der Waals surface area contributed by atoms with E-state index in [0.29, 0.717) is 25.5 Å². The van der Waals surface area contributed by atoms with Crippen molar-refractivity contribution in [3.8, 4) is 5.75 Å². The van der Waals surface area contributed by atoms with Crippen LogP contribution in [0, 0.1) is 11.7 Å². The Morgan fingerprint density at radius 1 is 1.35 bits per heavy atom. The van der Waals surface area contributed by atoms with Crippen LogP contribution in [0.3, 0.4) is 0 Å². The summed E-state index contributed by atoms with van der Waals surface area (Å²) in [6.07, 6.45) is 1.43. The number of aromatic carboxylic acids is 1. The molecule has 4 atom stereocenters. The average Bonchev–Trinajstić information content (AvgIpc) is 3.42. The number of sulfonamides is 1. The summed E-state index contributed by atoms with van der Waals surface area (Å²) in [5.74, 6) is -0.998. The zero-order valence-electron chi connectivity index (χ0n) is 18.7. The monoisotopic (exact) mass is 490 g/mol. The maximum atomic E-state index is 14.2. The number of fused-ring (bicyclic) bond motifs is 3. The smallest absolute Gasteiger partial charge is 0.341 e. The van der Waals surface area contributed by atoms with Crippen LogP contribution in [0.2, 0.25) is 0 Å². The fourth-order valence-corrected chi connectivity index (χ4v) is 6.25. The molecule has 0 bridgehead atoms. The topological polar surface area (TPSA) is 114 Å². The first-order valence-electron chi connectivity index (χ1n) is 11.5. The maximum Gasteiger partial charge on any atom is 0.341 e. The number of hydrogen-bond donors (Lipinski definition) is 3. The molecule has 2 aromatic carbocycles. The second-order valence-corrected chi connectivity index (χ2v) is 10.7. The van der Waals surface area contributed by atoms with E-state index in [1.165, 1.54) is 18.2 Å². The zero-order chi connectivity index (χ0) is 24.0. The van der Waals surface area contributed by atoms with Crippen LogP contribution < -0.4 is 14.8 Å². The van der Waals surface area contributed by atoms with Crippen molar-refractivity contribution in [3.63, 3.8) is 0 Å². The van der Waals surface area contributed by atoms with E-state index in [-0.39, 0.29) is 39.5 Å². The third kappa shape index (κ3) is 4.25. The minimum absolute atomic E-state index is 0.0883. The summed E-state index contributed by atoms with van der Waals surface area (Å²) >= 11 is 0. The predicted molar refractivity (Wildman–Crippen MR) is 122 cm³/mol. The van der Waals surface area contributed by atoms with Crippen LogP contribution in [0.15, 0.2) is 35.2 Å². The normalized spacial score (nSPS) is 24.0. The van der Waals surface area contributed by atoms with Crippen LogP contribution in [0.25, 0.3) is 0 Å². The van der Waals surface area contributed by atoms with Gasteiger partial charge in [-0.1, -0.05) is 13.0 Å². The van der Waals surface area contributed by atoms with Crippen LogP contribution in [-0.4, -0.2) is 45.3 Å². The number of carboxylic acid groups (broad SMARTS) is 1. The number of carboxylic acids is 1. The standard InChI is InChI=1S/C24H27FN2O6S/c1-2-20(33-15-7-8-26-11-15)18-10-14(25)3-6-21(18)34(30,31)27-19-5-4-16-17-9-13(17)12-32-23(16)22(19)24(28)29/h3-6,10,13,15,17,20,26-27H,2,7-9,11-12H2,1H3,(H,28,29)/t13-,15?,17-,20+/m0/s1. The van der Waals surface area contributed by atoms with E-state index in [1.807, 2.05) is 6.92 Å². The Morgan fingerprint density at radius 2 is 2.18 bits per heavy atom. The number of rotatable bonds is 8. The molecule has 1 saturated carbocycles. The van der Waals surface area contributed by atoms with E-state index < -0.39 is 27.9 Å². The first kappa shape index (κ1) is 23.1. The number of anilines is 1. The van der Waals surface area contributed by atoms with E-state index in [1.54, 1.807) is 6.07 Å². The predicted octanol–water partition coefficient (Wildman–Crippen LogP) is 3.65. The van der Waals surface area contributed by atoms with E-state index in [0.717, 1.165) is 31.0 Å². The number of halogens is 1. The summed E-state index contributed by atoms with van der Waals surface area (Å²) in [4.78, 5) is 12.0. The van der Waals surface area contributed by atoms with Gasteiger partial charge in [-0.3, -0.25) is 4.72 Å². The molecule has 3 aliphatic rings. The molecule has 182 valence electrons. The molecule has 34 heavy (non-hydrogen) atoms. The fraction of sp³-hybridized carbons (Fsp3) is 0.458. The number of hydrogen-bond acceptors (Lipinski definition) is 6. The molecule has 2 heterocycles. The van der Waals surface area contributed by atoms with Crippen molar-refractivity contribution in [2.75, 3.05) is 24.4 Å². The molecular formula is C24H27FN2O6S. The van der Waals surface area contributed by atoms with Gasteiger partial charge in [-0.25, -0.2) is 17.6 Å². The molecule has 0 spiro atoms. The Hall–Kier alpha value is -2.69. The van der Waals surface area contributed by atoms with Crippen molar-refractivity contribution in [1.29, 1.82) is 0 Å². The van der Waals surface area contributed by atoms with Gasteiger partial charge in [0.25, 0.3) is 10.0 Å². The van der Waals surface area contributed by atoms with Crippen LogP contribution >= 0.6 is 0 Å². The SMILES string of the molecule is CC[C@@H](OC1CCNC1)c1cc(F)ccc1S(=O)(=O)Nc1ccc2c(c1C(=O)O)OC[C@@H]1C[C@H]21. The number of benzene rings is 2. The van der Waals surface area contributed by atoms with E-state index in [2.05, 4.69) is 10.0 Å². The number of ether oxygens (including phenoxy) is 2. The maximum absolute atomic E-state index is 14.2. The summed E-state index contributed by atoms with van der Waals surface area (Å²) in [5.41, 5.74) is 0.697. The summed E-state index contributed by atoms with van der Waals surface area (Å²) in [7, 11) is -4.27. The first-order chi connectivity index (χ1) is 16.3. The summed E-state index contributed by atoms with van der Waals surface area (Å²) in [5, 5.41) is 13.1. The Labute approximate surface area is 197 Å². The quantitative estimate of drug-likeness (QED) is 0.518. The zero-order valence-corrected chi connectivity index (χ0v) is 19.5. The molecule has 0 aromatic heterocycles. The molecule has 5 rings (SSSR count). The van der Waals surface area contributed by atoms with Gasteiger partial charge in [0.1, 0.15) is 17.1 Å². The van der Waals surface area contributed by atoms with Crippen molar-refractivity contribution in [2.45, 2.75) is 49.2 Å². The summed E-state index contributed by atoms with van der Waals surface area (Å²) < 4.78 is 55.4. The van der Waals surface area contributed by atoms with Gasteiger partial charge >= 0.3 is 5.97 Å². The van der Waals surface area contributed by atoms with Crippen LogP contribution in [0.5, 0.6) is 5.75 Å². The molecule has 0 radical (unpaired) electrons. The van der Waals surface area contributed by atoms with Crippen molar-refractivity contribution in [3.05, 3.63) is 52.8 Å². The largest absolute Gasteiger partial charge is 0.492 e. The van der Waals surface area contributed by atoms with Gasteiger partial charge in [0, 0.05) is 18.0 Å². The first-order valence-corrected chi connectivity index (χ1v) is 13.0. The van der Waals surface area contributed by atoms with Crippen LogP contribution in [0.1, 0.15) is 59.7 Å². The van der Waals surface area contributed by atoms with Gasteiger partial charge in [0.05, 0.1) is 29.4 Å². The Kier molecular flexibility index (Phi) is 5.99. The summed E-state index contributed by atoms with van der Waals surface area (Å²) in [6.45, 7) is 3.71. The van der Waals surface area contributed by atoms with Crippen LogP contribution in [0.4, 0.5) is 10.1 Å². The lowest BCUT2D eigenvalue weighted by Crippen LogP contribution is -2.23. The molecule has 0 amide bonds. The Morgan fingerprint density at radius 3 is 2.88 bits per heavy atom. The lowest BCUT2D eigenvalue weighted by Gasteiger charge is -2.24. The fourth-order valence-electron chi connectivity index (χ4n) is 4.93. The van der Waals surface area contributed by atoms with Gasteiger partial charge in [-0.05, 0) is 61.6 Å². The molecule has 1 saturated heterocycles. The van der Waals surface area contributed by atoms with Gasteiger partial charge < -0.3 is 19.9 Å². The number of nitrogens with one attached hydrogen (secondary N) is 2. The molecule has 3 N–H and O–H groups in total. The number of carbonyl (C=O) groups is 1. The van der Waals surface area contributed by atoms with Gasteiger partial charge in [-0.15, -0.1) is 0 Å². The van der Waals surface area contributed by atoms with Crippen LogP contribution in [-0.2, 0) is 14.8 Å². The van der Waals surface area contributed by atoms with Gasteiger partial charge in [-0.2, -0.15) is 0 Å². The minimum atomic E-state index is -4.27. The molecule has 1 unspecified atom stereocenters. The van der Waals surface area contributed by atoms with E-state index >= 15 is 0 Å². The highest BCUT2D eigenvalue weighted by Gasteiger charge is 2.45. The van der Waals surface area contributed by atoms with Crippen molar-refractivity contribution in [2.24, 2.45) is 5.92 Å². The van der Waals surface area contributed by atoms with Crippen molar-refractivity contribution in [1.82, 2.24) is 5.32 Å². The van der Waals surface area contributed by atoms with Crippen molar-refractivity contribution < 1.29 is 32.2 Å². The highest BCUT2D eigenvalue weighted by molar-refractivity contribution is 7.92. The second kappa shape index (κ2) is 8.83. The van der Waals surface area contributed by atoms with E-state index in [9.17, 15) is 22.7 Å². The van der Waals surface area contributed by atoms with Gasteiger partial charge in [0.15, 0.2) is 0 Å². The highest BCUT2D eigenvalue weighted by Crippen LogP contribution is 2.55. The molecule has 2 aromatic rings. The summed E-state index contributed by atoms with van der Waals surface area (Å²) in [6, 6.07) is 6.62. The molecule has 2 fully saturated rings. The third-order valence-corrected chi connectivity index (χ3v) is 8.20. The molecule has 1 aliphatic carbocycles. The second-order valence-electron chi connectivity index (χ2n) is 9.06. The average molecular weight is 491 g/mol. The molecule has 8 nitrogen and oxygen atoms in total. The Bertz CT molecular complexity index is 1230. The third-order valence-electron chi connectivity index (χ3n) is 6.76. The van der Waals surface area contributed by atoms with Gasteiger partial charge in [0.2, 0.25) is 0 Å². The molecule has 2 aliphatic heterocycles. The highest BCUT2D eigenvalue weighted by atomic mass is 32.2. The lowest BCUT2D eigenvalue weighted by atomic mass is 10.0.